The highest BCUT2D eigenvalue weighted by Gasteiger charge is 2.12. The standard InChI is InChI=1S/C17H24N4/c1-5-15-16(18-6-2)19-11-20-17(15)21-13(4)14-9-7-12(3)8-10-14/h7-11,13H,5-6H2,1-4H3,(H2,18,19,20,21). The molecule has 2 N–H and O–H groups in total. The van der Waals surface area contributed by atoms with Crippen LogP contribution < -0.4 is 10.6 Å². The highest BCUT2D eigenvalue weighted by molar-refractivity contribution is 5.58. The molecule has 0 bridgehead atoms. The first-order valence-corrected chi connectivity index (χ1v) is 7.56. The van der Waals surface area contributed by atoms with Gasteiger partial charge in [0.05, 0.1) is 0 Å². The van der Waals surface area contributed by atoms with Gasteiger partial charge >= 0.3 is 0 Å². The van der Waals surface area contributed by atoms with Crippen LogP contribution in [0.2, 0.25) is 0 Å². The van der Waals surface area contributed by atoms with Gasteiger partial charge in [0.25, 0.3) is 0 Å². The van der Waals surface area contributed by atoms with Gasteiger partial charge in [0, 0.05) is 18.2 Å². The molecule has 0 aliphatic rings. The molecule has 0 spiro atoms. The number of aromatic nitrogens is 2. The molecule has 0 fully saturated rings. The first-order chi connectivity index (χ1) is 10.2. The minimum absolute atomic E-state index is 0.209. The number of hydrogen-bond donors (Lipinski definition) is 2. The molecule has 2 rings (SSSR count). The Bertz CT molecular complexity index is 578. The number of aryl methyl sites for hydroxylation is 1. The van der Waals surface area contributed by atoms with E-state index in [1.165, 1.54) is 11.1 Å². The molecule has 1 unspecified atom stereocenters. The molecule has 1 aromatic heterocycles. The van der Waals surface area contributed by atoms with Crippen LogP contribution in [0.15, 0.2) is 30.6 Å². The molecule has 0 saturated carbocycles. The Labute approximate surface area is 127 Å². The summed E-state index contributed by atoms with van der Waals surface area (Å²) in [7, 11) is 0. The summed E-state index contributed by atoms with van der Waals surface area (Å²) < 4.78 is 0. The number of rotatable bonds is 6. The van der Waals surface area contributed by atoms with Gasteiger partial charge in [-0.05, 0) is 32.8 Å². The van der Waals surface area contributed by atoms with E-state index in [1.54, 1.807) is 6.33 Å². The molecule has 1 atom stereocenters. The summed E-state index contributed by atoms with van der Waals surface area (Å²) >= 11 is 0. The van der Waals surface area contributed by atoms with E-state index in [2.05, 4.69) is 72.6 Å². The second-order valence-corrected chi connectivity index (χ2v) is 5.21. The maximum Gasteiger partial charge on any atom is 0.135 e. The molecule has 0 aliphatic heterocycles. The average molecular weight is 284 g/mol. The van der Waals surface area contributed by atoms with Crippen molar-refractivity contribution in [1.29, 1.82) is 0 Å². The van der Waals surface area contributed by atoms with Crippen LogP contribution in [-0.2, 0) is 6.42 Å². The predicted octanol–water partition coefficient (Wildman–Crippen LogP) is 3.95. The number of nitrogens with one attached hydrogen (secondary N) is 2. The molecule has 21 heavy (non-hydrogen) atoms. The van der Waals surface area contributed by atoms with Crippen molar-refractivity contribution in [3.63, 3.8) is 0 Å². The lowest BCUT2D eigenvalue weighted by atomic mass is 10.1. The zero-order valence-electron chi connectivity index (χ0n) is 13.3. The number of anilines is 2. The van der Waals surface area contributed by atoms with Gasteiger partial charge in [-0.1, -0.05) is 36.8 Å². The monoisotopic (exact) mass is 284 g/mol. The molecule has 1 heterocycles. The first-order valence-electron chi connectivity index (χ1n) is 7.56. The van der Waals surface area contributed by atoms with Gasteiger partial charge in [-0.3, -0.25) is 0 Å². The molecule has 1 aromatic carbocycles. The number of benzene rings is 1. The van der Waals surface area contributed by atoms with Crippen LogP contribution in [0.1, 0.15) is 43.5 Å². The number of nitrogens with zero attached hydrogens (tertiary/aromatic N) is 2. The molecule has 0 radical (unpaired) electrons. The maximum absolute atomic E-state index is 4.41. The summed E-state index contributed by atoms with van der Waals surface area (Å²) in [6.45, 7) is 9.31. The smallest absolute Gasteiger partial charge is 0.135 e. The lowest BCUT2D eigenvalue weighted by Crippen LogP contribution is -2.12. The largest absolute Gasteiger partial charge is 0.370 e. The minimum Gasteiger partial charge on any atom is -0.370 e. The first kappa shape index (κ1) is 15.3. The summed E-state index contributed by atoms with van der Waals surface area (Å²) in [5, 5.41) is 6.80. The van der Waals surface area contributed by atoms with Crippen LogP contribution in [-0.4, -0.2) is 16.5 Å². The molecule has 4 heteroatoms. The van der Waals surface area contributed by atoms with Crippen molar-refractivity contribution in [2.45, 2.75) is 40.2 Å². The van der Waals surface area contributed by atoms with E-state index >= 15 is 0 Å². The van der Waals surface area contributed by atoms with E-state index in [4.69, 9.17) is 0 Å². The fourth-order valence-corrected chi connectivity index (χ4v) is 2.33. The highest BCUT2D eigenvalue weighted by Crippen LogP contribution is 2.25. The fourth-order valence-electron chi connectivity index (χ4n) is 2.33. The molecular formula is C17H24N4. The third-order valence-electron chi connectivity index (χ3n) is 3.57. The Hall–Kier alpha value is -2.10. The molecule has 112 valence electrons. The van der Waals surface area contributed by atoms with Gasteiger partial charge in [0.2, 0.25) is 0 Å². The molecule has 0 amide bonds. The summed E-state index contributed by atoms with van der Waals surface area (Å²) in [5.41, 5.74) is 3.67. The van der Waals surface area contributed by atoms with Gasteiger partial charge < -0.3 is 10.6 Å². The van der Waals surface area contributed by atoms with Crippen molar-refractivity contribution < 1.29 is 0 Å². The Kier molecular flexibility index (Phi) is 5.14. The summed E-state index contributed by atoms with van der Waals surface area (Å²) in [6, 6.07) is 8.80. The summed E-state index contributed by atoms with van der Waals surface area (Å²) in [6.07, 6.45) is 2.51. The van der Waals surface area contributed by atoms with E-state index in [0.717, 1.165) is 30.2 Å². The Balaban J connectivity index is 2.22. The van der Waals surface area contributed by atoms with E-state index < -0.39 is 0 Å². The van der Waals surface area contributed by atoms with Gasteiger partial charge in [-0.2, -0.15) is 0 Å². The molecule has 4 nitrogen and oxygen atoms in total. The van der Waals surface area contributed by atoms with Crippen molar-refractivity contribution >= 4 is 11.6 Å². The third kappa shape index (κ3) is 3.72. The van der Waals surface area contributed by atoms with Crippen LogP contribution >= 0.6 is 0 Å². The van der Waals surface area contributed by atoms with E-state index in [9.17, 15) is 0 Å². The van der Waals surface area contributed by atoms with E-state index in [-0.39, 0.29) is 6.04 Å². The van der Waals surface area contributed by atoms with Gasteiger partial charge in [-0.25, -0.2) is 9.97 Å². The van der Waals surface area contributed by atoms with Crippen LogP contribution in [0.4, 0.5) is 11.6 Å². The molecule has 2 aromatic rings. The predicted molar refractivity (Wildman–Crippen MR) is 88.8 cm³/mol. The lowest BCUT2D eigenvalue weighted by molar-refractivity contribution is 0.862. The van der Waals surface area contributed by atoms with Crippen LogP contribution in [0.5, 0.6) is 0 Å². The second-order valence-electron chi connectivity index (χ2n) is 5.21. The molecule has 0 saturated heterocycles. The minimum atomic E-state index is 0.209. The topological polar surface area (TPSA) is 49.8 Å². The average Bonchev–Trinajstić information content (AvgIpc) is 2.48. The van der Waals surface area contributed by atoms with Crippen LogP contribution in [0.3, 0.4) is 0 Å². The van der Waals surface area contributed by atoms with Gasteiger partial charge in [0.15, 0.2) is 0 Å². The fraction of sp³-hybridized carbons (Fsp3) is 0.412. The highest BCUT2D eigenvalue weighted by atomic mass is 15.1. The van der Waals surface area contributed by atoms with Crippen molar-refractivity contribution in [2.24, 2.45) is 0 Å². The Morgan fingerprint density at radius 3 is 2.33 bits per heavy atom. The van der Waals surface area contributed by atoms with Crippen molar-refractivity contribution in [1.82, 2.24) is 9.97 Å². The van der Waals surface area contributed by atoms with Crippen LogP contribution in [0.25, 0.3) is 0 Å². The number of hydrogen-bond acceptors (Lipinski definition) is 4. The molecule has 0 aliphatic carbocycles. The van der Waals surface area contributed by atoms with Gasteiger partial charge in [0.1, 0.15) is 18.0 Å². The zero-order valence-corrected chi connectivity index (χ0v) is 13.3. The maximum atomic E-state index is 4.41. The SMILES string of the molecule is CCNc1ncnc(NC(C)c2ccc(C)cc2)c1CC. The van der Waals surface area contributed by atoms with Gasteiger partial charge in [-0.15, -0.1) is 0 Å². The van der Waals surface area contributed by atoms with Crippen molar-refractivity contribution in [3.8, 4) is 0 Å². The van der Waals surface area contributed by atoms with E-state index in [0.29, 0.717) is 0 Å². The Morgan fingerprint density at radius 1 is 1.05 bits per heavy atom. The normalized spacial score (nSPS) is 12.0. The summed E-state index contributed by atoms with van der Waals surface area (Å²) in [4.78, 5) is 8.74. The van der Waals surface area contributed by atoms with Crippen molar-refractivity contribution in [3.05, 3.63) is 47.3 Å². The quantitative estimate of drug-likeness (QED) is 0.843. The van der Waals surface area contributed by atoms with E-state index in [1.807, 2.05) is 0 Å². The third-order valence-corrected chi connectivity index (χ3v) is 3.57. The van der Waals surface area contributed by atoms with Crippen molar-refractivity contribution in [2.75, 3.05) is 17.2 Å². The summed E-state index contributed by atoms with van der Waals surface area (Å²) in [5.74, 6) is 1.84. The molecular weight excluding hydrogens is 260 g/mol. The van der Waals surface area contributed by atoms with Crippen LogP contribution in [0, 0.1) is 6.92 Å². The Morgan fingerprint density at radius 2 is 1.71 bits per heavy atom. The lowest BCUT2D eigenvalue weighted by Gasteiger charge is -2.19. The zero-order chi connectivity index (χ0) is 15.2. The second kappa shape index (κ2) is 7.07.